The average Bonchev–Trinajstić information content (AvgIpc) is 2.84. The van der Waals surface area contributed by atoms with Crippen LogP contribution in [0.15, 0.2) is 24.3 Å². The van der Waals surface area contributed by atoms with Crippen molar-refractivity contribution in [2.75, 3.05) is 25.7 Å². The predicted octanol–water partition coefficient (Wildman–Crippen LogP) is 2.71. The van der Waals surface area contributed by atoms with Crippen LogP contribution in [0.2, 0.25) is 0 Å². The van der Waals surface area contributed by atoms with Crippen molar-refractivity contribution in [2.45, 2.75) is 12.5 Å². The minimum atomic E-state index is 0.422. The SMILES string of the molecule is CNC(c1ccccc1OC)C1CCSC1. The largest absolute Gasteiger partial charge is 0.496 e. The molecule has 1 N–H and O–H groups in total. The number of para-hydroxylation sites is 1. The fraction of sp³-hybridized carbons (Fsp3) is 0.538. The monoisotopic (exact) mass is 237 g/mol. The van der Waals surface area contributed by atoms with E-state index in [1.54, 1.807) is 7.11 Å². The molecule has 2 rings (SSSR count). The summed E-state index contributed by atoms with van der Waals surface area (Å²) in [6.45, 7) is 0. The van der Waals surface area contributed by atoms with Gasteiger partial charge in [0.1, 0.15) is 5.75 Å². The predicted molar refractivity (Wildman–Crippen MR) is 70.2 cm³/mol. The first-order valence-corrected chi connectivity index (χ1v) is 6.90. The molecule has 88 valence electrons. The van der Waals surface area contributed by atoms with Gasteiger partial charge in [0.15, 0.2) is 0 Å². The fourth-order valence-corrected chi connectivity index (χ4v) is 3.68. The Morgan fingerprint density at radius 1 is 1.44 bits per heavy atom. The van der Waals surface area contributed by atoms with Crippen molar-refractivity contribution in [2.24, 2.45) is 5.92 Å². The highest BCUT2D eigenvalue weighted by Gasteiger charge is 2.27. The van der Waals surface area contributed by atoms with Crippen LogP contribution in [0.1, 0.15) is 18.0 Å². The molecule has 1 aromatic carbocycles. The Hall–Kier alpha value is -0.670. The highest BCUT2D eigenvalue weighted by molar-refractivity contribution is 7.99. The summed E-state index contributed by atoms with van der Waals surface area (Å²) < 4.78 is 5.44. The van der Waals surface area contributed by atoms with Crippen molar-refractivity contribution in [3.05, 3.63) is 29.8 Å². The van der Waals surface area contributed by atoms with Crippen molar-refractivity contribution in [1.82, 2.24) is 5.32 Å². The van der Waals surface area contributed by atoms with Gasteiger partial charge in [-0.1, -0.05) is 18.2 Å². The maximum Gasteiger partial charge on any atom is 0.123 e. The number of benzene rings is 1. The lowest BCUT2D eigenvalue weighted by Crippen LogP contribution is -2.25. The van der Waals surface area contributed by atoms with Gasteiger partial charge in [0.2, 0.25) is 0 Å². The summed E-state index contributed by atoms with van der Waals surface area (Å²) in [4.78, 5) is 0. The normalized spacial score (nSPS) is 22.0. The van der Waals surface area contributed by atoms with Crippen LogP contribution in [0.25, 0.3) is 0 Å². The Morgan fingerprint density at radius 3 is 2.88 bits per heavy atom. The van der Waals surface area contributed by atoms with Crippen LogP contribution in [0.3, 0.4) is 0 Å². The molecule has 1 aliphatic heterocycles. The van der Waals surface area contributed by atoms with Gasteiger partial charge in [0.05, 0.1) is 7.11 Å². The highest BCUT2D eigenvalue weighted by atomic mass is 32.2. The van der Waals surface area contributed by atoms with Crippen molar-refractivity contribution in [3.8, 4) is 5.75 Å². The molecule has 1 aromatic rings. The Labute approximate surface area is 102 Å². The van der Waals surface area contributed by atoms with Gasteiger partial charge in [-0.25, -0.2) is 0 Å². The second-order valence-corrected chi connectivity index (χ2v) is 5.28. The van der Waals surface area contributed by atoms with Crippen molar-refractivity contribution < 1.29 is 4.74 Å². The van der Waals surface area contributed by atoms with Crippen molar-refractivity contribution in [3.63, 3.8) is 0 Å². The Morgan fingerprint density at radius 2 is 2.25 bits per heavy atom. The summed E-state index contributed by atoms with van der Waals surface area (Å²) in [7, 11) is 3.79. The zero-order chi connectivity index (χ0) is 11.4. The molecule has 1 heterocycles. The van der Waals surface area contributed by atoms with E-state index in [0.717, 1.165) is 11.7 Å². The van der Waals surface area contributed by atoms with Crippen LogP contribution in [0.4, 0.5) is 0 Å². The summed E-state index contributed by atoms with van der Waals surface area (Å²) in [5, 5.41) is 3.44. The molecule has 0 saturated carbocycles. The van der Waals surface area contributed by atoms with E-state index in [9.17, 15) is 0 Å². The van der Waals surface area contributed by atoms with Gasteiger partial charge in [-0.3, -0.25) is 0 Å². The maximum absolute atomic E-state index is 5.44. The van der Waals surface area contributed by atoms with E-state index < -0.39 is 0 Å². The first kappa shape index (κ1) is 11.8. The second kappa shape index (κ2) is 5.60. The van der Waals surface area contributed by atoms with E-state index in [0.29, 0.717) is 6.04 Å². The number of methoxy groups -OCH3 is 1. The molecule has 2 atom stereocenters. The average molecular weight is 237 g/mol. The molecule has 1 saturated heterocycles. The Bertz CT molecular complexity index is 336. The molecule has 16 heavy (non-hydrogen) atoms. The van der Waals surface area contributed by atoms with E-state index in [1.165, 1.54) is 23.5 Å². The fourth-order valence-electron chi connectivity index (χ4n) is 2.38. The molecular weight excluding hydrogens is 218 g/mol. The van der Waals surface area contributed by atoms with Gasteiger partial charge in [0, 0.05) is 11.6 Å². The van der Waals surface area contributed by atoms with Crippen LogP contribution in [-0.4, -0.2) is 25.7 Å². The lowest BCUT2D eigenvalue weighted by molar-refractivity contribution is 0.374. The van der Waals surface area contributed by atoms with Gasteiger partial charge in [-0.2, -0.15) is 11.8 Å². The first-order valence-electron chi connectivity index (χ1n) is 5.74. The third-order valence-electron chi connectivity index (χ3n) is 3.22. The smallest absolute Gasteiger partial charge is 0.123 e. The molecule has 0 aromatic heterocycles. The zero-order valence-electron chi connectivity index (χ0n) is 9.90. The minimum Gasteiger partial charge on any atom is -0.496 e. The van der Waals surface area contributed by atoms with Crippen LogP contribution in [0.5, 0.6) is 5.75 Å². The van der Waals surface area contributed by atoms with Crippen molar-refractivity contribution >= 4 is 11.8 Å². The van der Waals surface area contributed by atoms with E-state index in [4.69, 9.17) is 4.74 Å². The van der Waals surface area contributed by atoms with Gasteiger partial charge >= 0.3 is 0 Å². The molecule has 1 aliphatic rings. The lowest BCUT2D eigenvalue weighted by atomic mass is 9.92. The van der Waals surface area contributed by atoms with Gasteiger partial charge < -0.3 is 10.1 Å². The van der Waals surface area contributed by atoms with E-state index in [2.05, 4.69) is 29.2 Å². The summed E-state index contributed by atoms with van der Waals surface area (Å²) in [5.74, 6) is 4.27. The zero-order valence-corrected chi connectivity index (χ0v) is 10.7. The van der Waals surface area contributed by atoms with Crippen molar-refractivity contribution in [1.29, 1.82) is 0 Å². The summed E-state index contributed by atoms with van der Waals surface area (Å²) >= 11 is 2.05. The molecular formula is C13H19NOS. The second-order valence-electron chi connectivity index (χ2n) is 4.13. The number of ether oxygens (including phenoxy) is 1. The van der Waals surface area contributed by atoms with E-state index >= 15 is 0 Å². The topological polar surface area (TPSA) is 21.3 Å². The maximum atomic E-state index is 5.44. The summed E-state index contributed by atoms with van der Waals surface area (Å²) in [6.07, 6.45) is 1.30. The molecule has 0 radical (unpaired) electrons. The van der Waals surface area contributed by atoms with Gasteiger partial charge in [-0.15, -0.1) is 0 Å². The molecule has 1 fully saturated rings. The molecule has 2 nitrogen and oxygen atoms in total. The lowest BCUT2D eigenvalue weighted by Gasteiger charge is -2.24. The highest BCUT2D eigenvalue weighted by Crippen LogP contribution is 2.37. The van der Waals surface area contributed by atoms with Crippen LogP contribution in [0, 0.1) is 5.92 Å². The molecule has 3 heteroatoms. The summed E-state index contributed by atoms with van der Waals surface area (Å²) in [6, 6.07) is 8.75. The quantitative estimate of drug-likeness (QED) is 0.870. The summed E-state index contributed by atoms with van der Waals surface area (Å²) in [5.41, 5.74) is 1.29. The minimum absolute atomic E-state index is 0.422. The molecule has 0 aliphatic carbocycles. The Kier molecular flexibility index (Phi) is 4.13. The number of hydrogen-bond donors (Lipinski definition) is 1. The van der Waals surface area contributed by atoms with Crippen LogP contribution >= 0.6 is 11.8 Å². The van der Waals surface area contributed by atoms with E-state index in [-0.39, 0.29) is 0 Å². The number of rotatable bonds is 4. The van der Waals surface area contributed by atoms with Crippen LogP contribution < -0.4 is 10.1 Å². The third-order valence-corrected chi connectivity index (χ3v) is 4.41. The van der Waals surface area contributed by atoms with Gasteiger partial charge in [0.25, 0.3) is 0 Å². The van der Waals surface area contributed by atoms with E-state index in [1.807, 2.05) is 19.2 Å². The Balaban J connectivity index is 2.24. The molecule has 2 unspecified atom stereocenters. The third kappa shape index (κ3) is 2.36. The first-order chi connectivity index (χ1) is 7.86. The molecule has 0 bridgehead atoms. The molecule has 0 spiro atoms. The standard InChI is InChI=1S/C13H19NOS/c1-14-13(10-7-8-16-9-10)11-5-3-4-6-12(11)15-2/h3-6,10,13-14H,7-9H2,1-2H3. The number of nitrogens with one attached hydrogen (secondary N) is 1. The number of thioether (sulfide) groups is 1. The van der Waals surface area contributed by atoms with Crippen LogP contribution in [-0.2, 0) is 0 Å². The molecule has 0 amide bonds. The van der Waals surface area contributed by atoms with Gasteiger partial charge in [-0.05, 0) is 37.0 Å². The number of hydrogen-bond acceptors (Lipinski definition) is 3.